The maximum atomic E-state index is 10.5. The highest BCUT2D eigenvalue weighted by Crippen LogP contribution is 2.29. The summed E-state index contributed by atoms with van der Waals surface area (Å²) < 4.78 is 0. The predicted molar refractivity (Wildman–Crippen MR) is 47.9 cm³/mol. The highest BCUT2D eigenvalue weighted by Gasteiger charge is 2.26. The predicted octanol–water partition coefficient (Wildman–Crippen LogP) is 1.99. The number of aromatic carboxylic acids is 1. The number of carboxylic acids is 1. The van der Waals surface area contributed by atoms with Crippen molar-refractivity contribution in [3.05, 3.63) is 32.1 Å². The average Bonchev–Trinajstić information content (AvgIpc) is 2.01. The second-order valence-electron chi connectivity index (χ2n) is 2.19. The van der Waals surface area contributed by atoms with E-state index < -0.39 is 22.3 Å². The Hall–Kier alpha value is -1.40. The number of hydrogen-bond donors (Lipinski definition) is 1. The number of halogens is 2. The van der Waals surface area contributed by atoms with E-state index in [1.165, 1.54) is 0 Å². The topological polar surface area (TPSA) is 93.3 Å². The molecule has 14 heavy (non-hydrogen) atoms. The summed E-state index contributed by atoms with van der Waals surface area (Å²) in [6.45, 7) is 0. The Morgan fingerprint density at radius 2 is 2.14 bits per heavy atom. The molecule has 0 saturated heterocycles. The summed E-state index contributed by atoms with van der Waals surface area (Å²) in [5.74, 6) is -1.55. The van der Waals surface area contributed by atoms with Crippen molar-refractivity contribution in [2.75, 3.05) is 0 Å². The normalized spacial score (nSPS) is 9.86. The van der Waals surface area contributed by atoms with Gasteiger partial charge in [0.2, 0.25) is 5.69 Å². The van der Waals surface area contributed by atoms with Gasteiger partial charge in [-0.15, -0.1) is 0 Å². The van der Waals surface area contributed by atoms with Gasteiger partial charge in [0.25, 0.3) is 0 Å². The van der Waals surface area contributed by atoms with Crippen molar-refractivity contribution in [3.63, 3.8) is 0 Å². The zero-order valence-electron chi connectivity index (χ0n) is 6.40. The number of hydrogen-bond acceptors (Lipinski definition) is 4. The standard InChI is InChI=1S/C6H2Cl2N2O4/c7-2-1-3(8)9-4(6(11)12)5(2)10(13)14/h1H,(H,11,12). The Morgan fingerprint density at radius 3 is 2.57 bits per heavy atom. The summed E-state index contributed by atoms with van der Waals surface area (Å²) in [5, 5.41) is 18.4. The minimum atomic E-state index is -1.55. The number of carboxylic acid groups (broad SMARTS) is 1. The Balaban J connectivity index is 3.52. The molecule has 0 atom stereocenters. The zero-order valence-corrected chi connectivity index (χ0v) is 7.91. The first-order valence-electron chi connectivity index (χ1n) is 3.17. The van der Waals surface area contributed by atoms with Crippen molar-refractivity contribution in [1.82, 2.24) is 4.98 Å². The van der Waals surface area contributed by atoms with E-state index in [0.29, 0.717) is 0 Å². The highest BCUT2D eigenvalue weighted by atomic mass is 35.5. The summed E-state index contributed by atoms with van der Waals surface area (Å²) in [4.78, 5) is 23.4. The zero-order chi connectivity index (χ0) is 10.9. The van der Waals surface area contributed by atoms with E-state index in [0.717, 1.165) is 6.07 Å². The van der Waals surface area contributed by atoms with Crippen LogP contribution in [0.25, 0.3) is 0 Å². The molecule has 0 aliphatic rings. The van der Waals surface area contributed by atoms with Gasteiger partial charge in [0.05, 0.1) is 4.92 Å². The summed E-state index contributed by atoms with van der Waals surface area (Å²) in [5.41, 5.74) is -1.53. The molecule has 8 heteroatoms. The molecule has 1 heterocycles. The van der Waals surface area contributed by atoms with Gasteiger partial charge >= 0.3 is 11.7 Å². The van der Waals surface area contributed by atoms with Crippen molar-refractivity contribution < 1.29 is 14.8 Å². The fraction of sp³-hybridized carbons (Fsp3) is 0. The van der Waals surface area contributed by atoms with Crippen LogP contribution < -0.4 is 0 Å². The van der Waals surface area contributed by atoms with E-state index in [2.05, 4.69) is 4.98 Å². The Kier molecular flexibility index (Phi) is 2.87. The maximum absolute atomic E-state index is 10.5. The van der Waals surface area contributed by atoms with Crippen molar-refractivity contribution in [3.8, 4) is 0 Å². The quantitative estimate of drug-likeness (QED) is 0.482. The lowest BCUT2D eigenvalue weighted by molar-refractivity contribution is -0.385. The lowest BCUT2D eigenvalue weighted by Gasteiger charge is -1.99. The van der Waals surface area contributed by atoms with Gasteiger partial charge in [0.15, 0.2) is 0 Å². The van der Waals surface area contributed by atoms with Crippen LogP contribution in [0.15, 0.2) is 6.07 Å². The molecule has 6 nitrogen and oxygen atoms in total. The van der Waals surface area contributed by atoms with Crippen molar-refractivity contribution in [2.45, 2.75) is 0 Å². The van der Waals surface area contributed by atoms with E-state index in [9.17, 15) is 14.9 Å². The van der Waals surface area contributed by atoms with Gasteiger partial charge in [-0.3, -0.25) is 10.1 Å². The fourth-order valence-corrected chi connectivity index (χ4v) is 1.31. The molecule has 1 aromatic heterocycles. The third-order valence-corrected chi connectivity index (χ3v) is 1.78. The van der Waals surface area contributed by atoms with Crippen LogP contribution in [0.2, 0.25) is 10.2 Å². The van der Waals surface area contributed by atoms with Crippen molar-refractivity contribution >= 4 is 34.9 Å². The SMILES string of the molecule is O=C(O)c1nc(Cl)cc(Cl)c1[N+](=O)[O-]. The molecule has 0 aliphatic carbocycles. The molecule has 0 bridgehead atoms. The average molecular weight is 237 g/mol. The molecule has 0 saturated carbocycles. The molecule has 0 amide bonds. The molecule has 0 unspecified atom stereocenters. The van der Waals surface area contributed by atoms with Gasteiger partial charge in [-0.2, -0.15) is 0 Å². The van der Waals surface area contributed by atoms with Crippen molar-refractivity contribution in [2.24, 2.45) is 0 Å². The first kappa shape index (κ1) is 10.7. The van der Waals surface area contributed by atoms with Crippen molar-refractivity contribution in [1.29, 1.82) is 0 Å². The minimum Gasteiger partial charge on any atom is -0.476 e. The summed E-state index contributed by atoms with van der Waals surface area (Å²) in [6, 6.07) is 1.01. The van der Waals surface area contributed by atoms with Crippen LogP contribution in [0.3, 0.4) is 0 Å². The lowest BCUT2D eigenvalue weighted by Crippen LogP contribution is -2.06. The van der Waals surface area contributed by atoms with Crippen LogP contribution in [0.4, 0.5) is 5.69 Å². The van der Waals surface area contributed by atoms with E-state index in [1.54, 1.807) is 0 Å². The third kappa shape index (κ3) is 1.91. The van der Waals surface area contributed by atoms with Crippen LogP contribution in [-0.4, -0.2) is 21.0 Å². The van der Waals surface area contributed by atoms with Gasteiger partial charge < -0.3 is 5.11 Å². The number of carbonyl (C=O) groups is 1. The summed E-state index contributed by atoms with van der Waals surface area (Å²) >= 11 is 10.8. The van der Waals surface area contributed by atoms with Gasteiger partial charge in [0, 0.05) is 6.07 Å². The highest BCUT2D eigenvalue weighted by molar-refractivity contribution is 6.36. The van der Waals surface area contributed by atoms with E-state index in [1.807, 2.05) is 0 Å². The van der Waals surface area contributed by atoms with Crippen LogP contribution in [0, 0.1) is 10.1 Å². The largest absolute Gasteiger partial charge is 0.476 e. The minimum absolute atomic E-state index is 0.210. The van der Waals surface area contributed by atoms with E-state index in [4.69, 9.17) is 28.3 Å². The Labute approximate surface area is 87.2 Å². The summed E-state index contributed by atoms with van der Waals surface area (Å²) in [6.07, 6.45) is 0. The van der Waals surface area contributed by atoms with E-state index >= 15 is 0 Å². The number of rotatable bonds is 2. The molecule has 0 radical (unpaired) electrons. The second-order valence-corrected chi connectivity index (χ2v) is 2.98. The van der Waals surface area contributed by atoms with Gasteiger partial charge in [-0.05, 0) is 0 Å². The van der Waals surface area contributed by atoms with Crippen LogP contribution >= 0.6 is 23.2 Å². The second kappa shape index (κ2) is 3.77. The Morgan fingerprint density at radius 1 is 1.57 bits per heavy atom. The monoisotopic (exact) mass is 236 g/mol. The first-order valence-corrected chi connectivity index (χ1v) is 3.92. The number of pyridine rings is 1. The fourth-order valence-electron chi connectivity index (χ4n) is 0.801. The molecule has 74 valence electrons. The van der Waals surface area contributed by atoms with Gasteiger partial charge in [-0.1, -0.05) is 23.2 Å². The lowest BCUT2D eigenvalue weighted by atomic mass is 10.3. The smallest absolute Gasteiger partial charge is 0.361 e. The molecule has 0 aliphatic heterocycles. The van der Waals surface area contributed by atoms with Gasteiger partial charge in [-0.25, -0.2) is 9.78 Å². The Bertz CT molecular complexity index is 421. The summed E-state index contributed by atoms with van der Waals surface area (Å²) in [7, 11) is 0. The molecular weight excluding hydrogens is 235 g/mol. The maximum Gasteiger partial charge on any atom is 0.361 e. The molecule has 1 rings (SSSR count). The molecule has 0 spiro atoms. The first-order chi connectivity index (χ1) is 6.43. The molecule has 1 aromatic rings. The molecule has 1 N–H and O–H groups in total. The third-order valence-electron chi connectivity index (χ3n) is 1.30. The van der Waals surface area contributed by atoms with Gasteiger partial charge in [0.1, 0.15) is 10.2 Å². The molecule has 0 fully saturated rings. The molecule has 0 aromatic carbocycles. The van der Waals surface area contributed by atoms with Crippen LogP contribution in [0.1, 0.15) is 10.5 Å². The number of nitro groups is 1. The van der Waals surface area contributed by atoms with E-state index in [-0.39, 0.29) is 10.2 Å². The number of nitrogens with zero attached hydrogens (tertiary/aromatic N) is 2. The molecular formula is C6H2Cl2N2O4. The van der Waals surface area contributed by atoms with Crippen LogP contribution in [0.5, 0.6) is 0 Å². The number of aromatic nitrogens is 1. The van der Waals surface area contributed by atoms with Crippen LogP contribution in [-0.2, 0) is 0 Å².